The van der Waals surface area contributed by atoms with E-state index in [1.165, 1.54) is 4.90 Å². The molecule has 120 valence electrons. The molecule has 0 aromatic heterocycles. The molecule has 0 aromatic rings. The molecular formula is C13H25F3N2O2. The molecule has 0 aromatic carbocycles. The fourth-order valence-electron chi connectivity index (χ4n) is 2.11. The number of nitrogens with zero attached hydrogens (tertiary/aromatic N) is 1. The fraction of sp³-hybridized carbons (Fsp3) is 0.923. The molecule has 0 amide bonds. The zero-order chi connectivity index (χ0) is 16.0. The molecule has 4 nitrogen and oxygen atoms in total. The van der Waals surface area contributed by atoms with E-state index in [2.05, 4.69) is 5.32 Å². The monoisotopic (exact) mass is 298 g/mol. The van der Waals surface area contributed by atoms with Gasteiger partial charge < -0.3 is 10.1 Å². The molecule has 2 atom stereocenters. The van der Waals surface area contributed by atoms with Crippen molar-refractivity contribution in [3.8, 4) is 0 Å². The number of hydrogen-bond acceptors (Lipinski definition) is 4. The Bertz CT molecular complexity index is 310. The second-order valence-electron chi connectivity index (χ2n) is 5.03. The summed E-state index contributed by atoms with van der Waals surface area (Å²) >= 11 is 0. The lowest BCUT2D eigenvalue weighted by Gasteiger charge is -2.35. The standard InChI is InChI=1S/C13H25F3N2O2/c1-6-18(9-13(14,15)16)10(3)8-12(4,17-5)11(19)20-7-2/h10,17H,6-9H2,1-5H3. The van der Waals surface area contributed by atoms with E-state index in [0.717, 1.165) is 0 Å². The van der Waals surface area contributed by atoms with E-state index < -0.39 is 30.3 Å². The molecule has 0 saturated carbocycles. The third-order valence-corrected chi connectivity index (χ3v) is 3.39. The van der Waals surface area contributed by atoms with Crippen LogP contribution in [0.15, 0.2) is 0 Å². The summed E-state index contributed by atoms with van der Waals surface area (Å²) in [6.45, 7) is 6.22. The lowest BCUT2D eigenvalue weighted by molar-refractivity contribution is -0.155. The highest BCUT2D eigenvalue weighted by molar-refractivity contribution is 5.80. The highest BCUT2D eigenvalue weighted by Crippen LogP contribution is 2.22. The van der Waals surface area contributed by atoms with Crippen molar-refractivity contribution in [1.29, 1.82) is 0 Å². The van der Waals surface area contributed by atoms with Crippen molar-refractivity contribution in [2.75, 3.05) is 26.7 Å². The van der Waals surface area contributed by atoms with Gasteiger partial charge in [0, 0.05) is 6.04 Å². The van der Waals surface area contributed by atoms with Gasteiger partial charge in [-0.3, -0.25) is 9.69 Å². The minimum absolute atomic E-state index is 0.241. The van der Waals surface area contributed by atoms with E-state index in [-0.39, 0.29) is 19.6 Å². The van der Waals surface area contributed by atoms with Crippen molar-refractivity contribution in [1.82, 2.24) is 10.2 Å². The number of likely N-dealkylation sites (N-methyl/N-ethyl adjacent to an activating group) is 1. The summed E-state index contributed by atoms with van der Waals surface area (Å²) in [6.07, 6.45) is -4.00. The van der Waals surface area contributed by atoms with Gasteiger partial charge in [-0.2, -0.15) is 13.2 Å². The lowest BCUT2D eigenvalue weighted by Crippen LogP contribution is -2.53. The Hall–Kier alpha value is -0.820. The van der Waals surface area contributed by atoms with Crippen LogP contribution in [0.25, 0.3) is 0 Å². The van der Waals surface area contributed by atoms with Crippen molar-refractivity contribution < 1.29 is 22.7 Å². The predicted molar refractivity (Wildman–Crippen MR) is 71.5 cm³/mol. The number of esters is 1. The Labute approximate surface area is 118 Å². The number of halogens is 3. The number of nitrogens with one attached hydrogen (secondary N) is 1. The Kier molecular flexibility index (Phi) is 7.51. The number of rotatable bonds is 8. The molecule has 1 N–H and O–H groups in total. The van der Waals surface area contributed by atoms with E-state index in [0.29, 0.717) is 0 Å². The Balaban J connectivity index is 4.82. The van der Waals surface area contributed by atoms with E-state index in [1.54, 1.807) is 34.7 Å². The smallest absolute Gasteiger partial charge is 0.401 e. The van der Waals surface area contributed by atoms with Crippen LogP contribution in [-0.4, -0.2) is 55.4 Å². The van der Waals surface area contributed by atoms with Crippen LogP contribution in [-0.2, 0) is 9.53 Å². The summed E-state index contributed by atoms with van der Waals surface area (Å²) in [5, 5.41) is 2.85. The summed E-state index contributed by atoms with van der Waals surface area (Å²) in [7, 11) is 1.60. The largest absolute Gasteiger partial charge is 0.465 e. The maximum atomic E-state index is 12.5. The van der Waals surface area contributed by atoms with Gasteiger partial charge in [-0.05, 0) is 40.8 Å². The average molecular weight is 298 g/mol. The van der Waals surface area contributed by atoms with Gasteiger partial charge >= 0.3 is 12.1 Å². The molecule has 20 heavy (non-hydrogen) atoms. The third kappa shape index (κ3) is 6.09. The first kappa shape index (κ1) is 19.2. The molecule has 0 bridgehead atoms. The first-order chi connectivity index (χ1) is 9.09. The normalized spacial score (nSPS) is 16.9. The van der Waals surface area contributed by atoms with Crippen LogP contribution >= 0.6 is 0 Å². The summed E-state index contributed by atoms with van der Waals surface area (Å²) in [5.41, 5.74) is -0.992. The van der Waals surface area contributed by atoms with Gasteiger partial charge in [-0.1, -0.05) is 6.92 Å². The lowest BCUT2D eigenvalue weighted by atomic mass is 9.93. The van der Waals surface area contributed by atoms with Crippen molar-refractivity contribution in [2.24, 2.45) is 0 Å². The minimum atomic E-state index is -4.25. The van der Waals surface area contributed by atoms with E-state index in [9.17, 15) is 18.0 Å². The number of alkyl halides is 3. The molecule has 0 spiro atoms. The second-order valence-corrected chi connectivity index (χ2v) is 5.03. The first-order valence-electron chi connectivity index (χ1n) is 6.76. The molecule has 0 radical (unpaired) electrons. The van der Waals surface area contributed by atoms with Crippen LogP contribution in [0.5, 0.6) is 0 Å². The maximum Gasteiger partial charge on any atom is 0.401 e. The molecule has 7 heteroatoms. The van der Waals surface area contributed by atoms with Gasteiger partial charge in [0.1, 0.15) is 5.54 Å². The van der Waals surface area contributed by atoms with Gasteiger partial charge in [0.15, 0.2) is 0 Å². The maximum absolute atomic E-state index is 12.5. The van der Waals surface area contributed by atoms with Gasteiger partial charge in [-0.15, -0.1) is 0 Å². The molecule has 0 aliphatic rings. The molecular weight excluding hydrogens is 273 g/mol. The topological polar surface area (TPSA) is 41.6 Å². The average Bonchev–Trinajstić information content (AvgIpc) is 2.34. The Morgan fingerprint density at radius 2 is 1.90 bits per heavy atom. The summed E-state index contributed by atoms with van der Waals surface area (Å²) in [4.78, 5) is 13.2. The van der Waals surface area contributed by atoms with Crippen LogP contribution < -0.4 is 5.32 Å². The fourth-order valence-corrected chi connectivity index (χ4v) is 2.11. The third-order valence-electron chi connectivity index (χ3n) is 3.39. The molecule has 2 unspecified atom stereocenters. The second kappa shape index (κ2) is 7.83. The molecule has 0 rings (SSSR count). The van der Waals surface area contributed by atoms with Gasteiger partial charge in [-0.25, -0.2) is 0 Å². The quantitative estimate of drug-likeness (QED) is 0.698. The Morgan fingerprint density at radius 3 is 2.25 bits per heavy atom. The summed E-state index contributed by atoms with van der Waals surface area (Å²) in [5.74, 6) is -0.447. The molecule has 0 saturated heterocycles. The number of ether oxygens (including phenoxy) is 1. The number of carbonyl (C=O) groups is 1. The van der Waals surface area contributed by atoms with Crippen LogP contribution in [0.2, 0.25) is 0 Å². The number of hydrogen-bond donors (Lipinski definition) is 1. The summed E-state index contributed by atoms with van der Waals surface area (Å²) < 4.78 is 42.5. The zero-order valence-electron chi connectivity index (χ0n) is 12.8. The Morgan fingerprint density at radius 1 is 1.35 bits per heavy atom. The van der Waals surface area contributed by atoms with Gasteiger partial charge in [0.05, 0.1) is 13.2 Å². The van der Waals surface area contributed by atoms with Crippen molar-refractivity contribution in [3.05, 3.63) is 0 Å². The van der Waals surface area contributed by atoms with Crippen molar-refractivity contribution in [3.63, 3.8) is 0 Å². The van der Waals surface area contributed by atoms with Crippen LogP contribution in [0.1, 0.15) is 34.1 Å². The molecule has 0 aliphatic carbocycles. The molecule has 0 fully saturated rings. The first-order valence-corrected chi connectivity index (χ1v) is 6.76. The van der Waals surface area contributed by atoms with Crippen LogP contribution in [0, 0.1) is 0 Å². The van der Waals surface area contributed by atoms with Crippen LogP contribution in [0.3, 0.4) is 0 Å². The molecule has 0 heterocycles. The number of carbonyl (C=O) groups excluding carboxylic acids is 1. The highest BCUT2D eigenvalue weighted by atomic mass is 19.4. The van der Waals surface area contributed by atoms with Crippen LogP contribution in [0.4, 0.5) is 13.2 Å². The van der Waals surface area contributed by atoms with E-state index >= 15 is 0 Å². The van der Waals surface area contributed by atoms with Crippen molar-refractivity contribution in [2.45, 2.75) is 51.9 Å². The van der Waals surface area contributed by atoms with Gasteiger partial charge in [0.25, 0.3) is 0 Å². The van der Waals surface area contributed by atoms with Crippen molar-refractivity contribution >= 4 is 5.97 Å². The van der Waals surface area contributed by atoms with E-state index in [4.69, 9.17) is 4.74 Å². The SMILES string of the molecule is CCOC(=O)C(C)(CC(C)N(CC)CC(F)(F)F)NC. The molecule has 0 aliphatic heterocycles. The van der Waals surface area contributed by atoms with E-state index in [1.807, 2.05) is 0 Å². The highest BCUT2D eigenvalue weighted by Gasteiger charge is 2.38. The summed E-state index contributed by atoms with van der Waals surface area (Å²) in [6, 6.07) is -0.400. The van der Waals surface area contributed by atoms with Gasteiger partial charge in [0.2, 0.25) is 0 Å². The predicted octanol–water partition coefficient (Wildman–Crippen LogP) is 2.19. The zero-order valence-corrected chi connectivity index (χ0v) is 12.8. The minimum Gasteiger partial charge on any atom is -0.465 e.